The summed E-state index contributed by atoms with van der Waals surface area (Å²) in [5, 5.41) is 12.2. The zero-order chi connectivity index (χ0) is 13.9. The zero-order valence-corrected chi connectivity index (χ0v) is 11.9. The van der Waals surface area contributed by atoms with Gasteiger partial charge in [-0.25, -0.2) is 4.68 Å². The lowest BCUT2D eigenvalue weighted by molar-refractivity contribution is 0.221. The van der Waals surface area contributed by atoms with Gasteiger partial charge in [0.1, 0.15) is 0 Å². The average molecular weight is 271 g/mol. The van der Waals surface area contributed by atoms with Crippen LogP contribution in [-0.2, 0) is 6.54 Å². The Hall–Kier alpha value is -1.91. The molecule has 5 nitrogen and oxygen atoms in total. The van der Waals surface area contributed by atoms with Gasteiger partial charge in [-0.1, -0.05) is 38.3 Å². The van der Waals surface area contributed by atoms with Crippen LogP contribution >= 0.6 is 0 Å². The van der Waals surface area contributed by atoms with Gasteiger partial charge in [-0.2, -0.15) is 0 Å². The third-order valence-electron chi connectivity index (χ3n) is 4.43. The molecule has 2 aromatic rings. The molecule has 0 saturated heterocycles. The number of hydrogen-bond donors (Lipinski definition) is 1. The Morgan fingerprint density at radius 3 is 2.85 bits per heavy atom. The Kier molecular flexibility index (Phi) is 3.67. The van der Waals surface area contributed by atoms with Gasteiger partial charge in [0.25, 0.3) is 0 Å². The van der Waals surface area contributed by atoms with Crippen molar-refractivity contribution in [3.63, 3.8) is 0 Å². The smallest absolute Gasteiger partial charge is 0.184 e. The number of tetrazole rings is 1. The minimum absolute atomic E-state index is 0.663. The monoisotopic (exact) mass is 271 g/mol. The average Bonchev–Trinajstić information content (AvgIpc) is 2.90. The van der Waals surface area contributed by atoms with Crippen LogP contribution in [0.3, 0.4) is 0 Å². The number of aromatic nitrogens is 4. The Morgan fingerprint density at radius 1 is 1.25 bits per heavy atom. The van der Waals surface area contributed by atoms with E-state index in [0.717, 1.165) is 29.5 Å². The van der Waals surface area contributed by atoms with E-state index < -0.39 is 0 Å². The first kappa shape index (κ1) is 13.1. The fourth-order valence-electron chi connectivity index (χ4n) is 3.11. The normalized spacial score (nSPS) is 22.9. The van der Waals surface area contributed by atoms with Gasteiger partial charge in [0.2, 0.25) is 0 Å². The molecule has 1 saturated carbocycles. The molecule has 0 bridgehead atoms. The first-order valence-corrected chi connectivity index (χ1v) is 7.36. The highest BCUT2D eigenvalue weighted by Crippen LogP contribution is 2.32. The van der Waals surface area contributed by atoms with E-state index >= 15 is 0 Å². The largest absolute Gasteiger partial charge is 0.398 e. The maximum Gasteiger partial charge on any atom is 0.184 e. The maximum absolute atomic E-state index is 6.03. The lowest BCUT2D eigenvalue weighted by atomic mass is 9.80. The van der Waals surface area contributed by atoms with Crippen molar-refractivity contribution in [1.29, 1.82) is 0 Å². The van der Waals surface area contributed by atoms with Crippen LogP contribution in [0, 0.1) is 11.8 Å². The maximum atomic E-state index is 6.03. The highest BCUT2D eigenvalue weighted by molar-refractivity contribution is 5.70. The van der Waals surface area contributed by atoms with E-state index in [9.17, 15) is 0 Å². The van der Waals surface area contributed by atoms with Crippen molar-refractivity contribution >= 4 is 5.69 Å². The standard InChI is InChI=1S/C15H21N5/c1-11-6-2-3-7-12(11)10-20-15(17-18-19-20)13-8-4-5-9-14(13)16/h4-5,8-9,11-12H,2-3,6-7,10,16H2,1H3. The van der Waals surface area contributed by atoms with E-state index in [2.05, 4.69) is 22.4 Å². The fraction of sp³-hybridized carbons (Fsp3) is 0.533. The number of rotatable bonds is 3. The second kappa shape index (κ2) is 5.61. The van der Waals surface area contributed by atoms with E-state index in [1.54, 1.807) is 0 Å². The number of anilines is 1. The number of para-hydroxylation sites is 1. The molecule has 1 aliphatic carbocycles. The summed E-state index contributed by atoms with van der Waals surface area (Å²) in [5.41, 5.74) is 7.67. The van der Waals surface area contributed by atoms with Crippen molar-refractivity contribution in [3.8, 4) is 11.4 Å². The van der Waals surface area contributed by atoms with Gasteiger partial charge < -0.3 is 5.73 Å². The molecule has 1 fully saturated rings. The molecular weight excluding hydrogens is 250 g/mol. The van der Waals surface area contributed by atoms with Gasteiger partial charge in [0.15, 0.2) is 5.82 Å². The van der Waals surface area contributed by atoms with E-state index in [-0.39, 0.29) is 0 Å². The van der Waals surface area contributed by atoms with E-state index in [0.29, 0.717) is 5.92 Å². The first-order chi connectivity index (χ1) is 9.75. The molecule has 2 N–H and O–H groups in total. The van der Waals surface area contributed by atoms with Crippen molar-refractivity contribution in [3.05, 3.63) is 24.3 Å². The molecule has 0 spiro atoms. The van der Waals surface area contributed by atoms with Crippen molar-refractivity contribution < 1.29 is 0 Å². The third kappa shape index (κ3) is 2.53. The number of nitrogen functional groups attached to an aromatic ring is 1. The molecule has 1 aliphatic rings. The molecule has 0 aliphatic heterocycles. The molecule has 2 atom stereocenters. The molecule has 106 valence electrons. The highest BCUT2D eigenvalue weighted by atomic mass is 15.5. The lowest BCUT2D eigenvalue weighted by Crippen LogP contribution is -2.23. The van der Waals surface area contributed by atoms with E-state index in [1.807, 2.05) is 28.9 Å². The summed E-state index contributed by atoms with van der Waals surface area (Å²) in [6.07, 6.45) is 5.26. The zero-order valence-electron chi connectivity index (χ0n) is 11.9. The summed E-state index contributed by atoms with van der Waals surface area (Å²) >= 11 is 0. The van der Waals surface area contributed by atoms with E-state index in [1.165, 1.54) is 25.7 Å². The van der Waals surface area contributed by atoms with Gasteiger partial charge in [-0.15, -0.1) is 5.10 Å². The van der Waals surface area contributed by atoms with Crippen LogP contribution in [0.2, 0.25) is 0 Å². The van der Waals surface area contributed by atoms with Crippen molar-refractivity contribution in [1.82, 2.24) is 20.2 Å². The number of hydrogen-bond acceptors (Lipinski definition) is 4. The van der Waals surface area contributed by atoms with Gasteiger partial charge in [-0.3, -0.25) is 0 Å². The summed E-state index contributed by atoms with van der Waals surface area (Å²) in [7, 11) is 0. The van der Waals surface area contributed by atoms with Gasteiger partial charge in [0.05, 0.1) is 0 Å². The quantitative estimate of drug-likeness (QED) is 0.871. The van der Waals surface area contributed by atoms with Crippen molar-refractivity contribution in [2.24, 2.45) is 11.8 Å². The molecule has 0 radical (unpaired) electrons. The summed E-state index contributed by atoms with van der Waals surface area (Å²) in [4.78, 5) is 0. The molecule has 3 rings (SSSR count). The Morgan fingerprint density at radius 2 is 2.05 bits per heavy atom. The predicted molar refractivity (Wildman–Crippen MR) is 78.8 cm³/mol. The van der Waals surface area contributed by atoms with Crippen LogP contribution in [0.4, 0.5) is 5.69 Å². The molecule has 1 aromatic carbocycles. The Balaban J connectivity index is 1.85. The molecule has 20 heavy (non-hydrogen) atoms. The minimum atomic E-state index is 0.663. The molecule has 0 amide bonds. The fourth-order valence-corrected chi connectivity index (χ4v) is 3.11. The minimum Gasteiger partial charge on any atom is -0.398 e. The number of nitrogens with zero attached hydrogens (tertiary/aromatic N) is 4. The van der Waals surface area contributed by atoms with E-state index in [4.69, 9.17) is 5.73 Å². The Bertz CT molecular complexity index is 577. The Labute approximate surface area is 119 Å². The molecule has 1 aromatic heterocycles. The number of nitrogens with two attached hydrogens (primary N) is 1. The molecular formula is C15H21N5. The van der Waals surface area contributed by atoms with Crippen LogP contribution in [0.5, 0.6) is 0 Å². The van der Waals surface area contributed by atoms with Gasteiger partial charge in [-0.05, 0) is 40.8 Å². The van der Waals surface area contributed by atoms with Gasteiger partial charge in [0, 0.05) is 17.8 Å². The number of benzene rings is 1. The molecule has 1 heterocycles. The first-order valence-electron chi connectivity index (χ1n) is 7.36. The SMILES string of the molecule is CC1CCCCC1Cn1nnnc1-c1ccccc1N. The summed E-state index contributed by atoms with van der Waals surface area (Å²) in [5.74, 6) is 2.19. The second-order valence-corrected chi connectivity index (χ2v) is 5.79. The third-order valence-corrected chi connectivity index (χ3v) is 4.43. The molecule has 2 unspecified atom stereocenters. The summed E-state index contributed by atoms with van der Waals surface area (Å²) in [6, 6.07) is 7.75. The van der Waals surface area contributed by atoms with Crippen LogP contribution in [0.15, 0.2) is 24.3 Å². The highest BCUT2D eigenvalue weighted by Gasteiger charge is 2.23. The van der Waals surface area contributed by atoms with Crippen molar-refractivity contribution in [2.45, 2.75) is 39.2 Å². The topological polar surface area (TPSA) is 69.6 Å². The summed E-state index contributed by atoms with van der Waals surface area (Å²) in [6.45, 7) is 3.22. The molecule has 5 heteroatoms. The van der Waals surface area contributed by atoms with Crippen molar-refractivity contribution in [2.75, 3.05) is 5.73 Å². The summed E-state index contributed by atoms with van der Waals surface area (Å²) < 4.78 is 1.91. The van der Waals surface area contributed by atoms with Crippen LogP contribution < -0.4 is 5.73 Å². The predicted octanol–water partition coefficient (Wildman–Crippen LogP) is 2.75. The lowest BCUT2D eigenvalue weighted by Gasteiger charge is -2.28. The van der Waals surface area contributed by atoms with Crippen LogP contribution in [0.25, 0.3) is 11.4 Å². The van der Waals surface area contributed by atoms with Crippen LogP contribution in [0.1, 0.15) is 32.6 Å². The second-order valence-electron chi connectivity index (χ2n) is 5.79. The van der Waals surface area contributed by atoms with Crippen LogP contribution in [-0.4, -0.2) is 20.2 Å². The van der Waals surface area contributed by atoms with Gasteiger partial charge >= 0.3 is 0 Å².